The Balaban J connectivity index is 1.91. The van der Waals surface area contributed by atoms with Crippen molar-refractivity contribution in [2.24, 2.45) is 7.05 Å². The van der Waals surface area contributed by atoms with Gasteiger partial charge in [-0.3, -0.25) is 4.68 Å². The number of nitrogens with zero attached hydrogens (tertiary/aromatic N) is 2. The second kappa shape index (κ2) is 5.44. The van der Waals surface area contributed by atoms with E-state index >= 15 is 0 Å². The smallest absolute Gasteiger partial charge is 0.0521 e. The molecule has 0 spiro atoms. The van der Waals surface area contributed by atoms with Gasteiger partial charge in [-0.05, 0) is 51.0 Å². The molecule has 2 atom stereocenters. The minimum Gasteiger partial charge on any atom is -0.316 e. The first kappa shape index (κ1) is 13.0. The number of aryl methyl sites for hydroxylation is 2. The van der Waals surface area contributed by atoms with Crippen LogP contribution >= 0.6 is 11.8 Å². The van der Waals surface area contributed by atoms with Crippen molar-refractivity contribution in [2.45, 2.75) is 43.4 Å². The minimum atomic E-state index is 0.428. The molecular weight excluding hydrogens is 230 g/mol. The monoisotopic (exact) mass is 253 g/mol. The Labute approximate surface area is 108 Å². The lowest BCUT2D eigenvalue weighted by Gasteiger charge is -2.33. The molecule has 1 aliphatic heterocycles. The van der Waals surface area contributed by atoms with Crippen LogP contribution in [0, 0.1) is 0 Å². The summed E-state index contributed by atoms with van der Waals surface area (Å²) in [6.45, 7) is 2.41. The van der Waals surface area contributed by atoms with Gasteiger partial charge in [0, 0.05) is 24.0 Å². The molecule has 2 rings (SSSR count). The molecule has 0 amide bonds. The molecule has 0 saturated carbocycles. The van der Waals surface area contributed by atoms with Crippen LogP contribution in [0.3, 0.4) is 0 Å². The van der Waals surface area contributed by atoms with Gasteiger partial charge in [-0.25, -0.2) is 0 Å². The van der Waals surface area contributed by atoms with Gasteiger partial charge in [-0.15, -0.1) is 0 Å². The third kappa shape index (κ3) is 3.05. The molecule has 1 N–H and O–H groups in total. The number of hydrogen-bond acceptors (Lipinski definition) is 3. The molecule has 0 radical (unpaired) electrons. The Kier molecular flexibility index (Phi) is 4.15. The molecule has 4 heteroatoms. The molecule has 2 unspecified atom stereocenters. The normalized spacial score (nSPS) is 26.3. The van der Waals surface area contributed by atoms with Gasteiger partial charge in [-0.2, -0.15) is 16.9 Å². The largest absolute Gasteiger partial charge is 0.316 e. The molecule has 1 aliphatic rings. The summed E-state index contributed by atoms with van der Waals surface area (Å²) in [5.41, 5.74) is 1.35. The molecular formula is C13H23N3S. The predicted octanol–water partition coefficient (Wildman–Crippen LogP) is 2.23. The second-order valence-corrected chi connectivity index (χ2v) is 6.80. The van der Waals surface area contributed by atoms with E-state index in [2.05, 4.69) is 42.3 Å². The van der Waals surface area contributed by atoms with Gasteiger partial charge < -0.3 is 5.32 Å². The van der Waals surface area contributed by atoms with Crippen LogP contribution in [0.25, 0.3) is 0 Å². The van der Waals surface area contributed by atoms with E-state index in [1.807, 2.05) is 17.9 Å². The molecule has 3 nitrogen and oxygen atoms in total. The van der Waals surface area contributed by atoms with Crippen LogP contribution in [0.15, 0.2) is 12.4 Å². The number of thioether (sulfide) groups is 1. The zero-order valence-corrected chi connectivity index (χ0v) is 11.9. The maximum atomic E-state index is 4.23. The van der Waals surface area contributed by atoms with Crippen molar-refractivity contribution in [1.82, 2.24) is 15.1 Å². The minimum absolute atomic E-state index is 0.428. The first-order valence-corrected chi connectivity index (χ1v) is 7.41. The van der Waals surface area contributed by atoms with Crippen LogP contribution in [0.1, 0.15) is 31.7 Å². The molecule has 0 aliphatic carbocycles. The van der Waals surface area contributed by atoms with E-state index in [-0.39, 0.29) is 0 Å². The van der Waals surface area contributed by atoms with Crippen molar-refractivity contribution in [3.63, 3.8) is 0 Å². The number of nitrogens with one attached hydrogen (secondary N) is 1. The third-order valence-electron chi connectivity index (χ3n) is 3.81. The highest BCUT2D eigenvalue weighted by atomic mass is 32.2. The average molecular weight is 253 g/mol. The Bertz CT molecular complexity index is 355. The maximum Gasteiger partial charge on any atom is 0.0521 e. The molecule has 17 heavy (non-hydrogen) atoms. The molecule has 1 aromatic heterocycles. The molecule has 96 valence electrons. The van der Waals surface area contributed by atoms with Crippen LogP contribution in [0.4, 0.5) is 0 Å². The molecule has 1 aromatic rings. The second-order valence-electron chi connectivity index (χ2n) is 5.17. The zero-order chi connectivity index (χ0) is 12.3. The predicted molar refractivity (Wildman–Crippen MR) is 74.5 cm³/mol. The van der Waals surface area contributed by atoms with E-state index < -0.39 is 0 Å². The van der Waals surface area contributed by atoms with Crippen molar-refractivity contribution in [3.8, 4) is 0 Å². The average Bonchev–Trinajstić information content (AvgIpc) is 2.89. The van der Waals surface area contributed by atoms with E-state index in [1.165, 1.54) is 30.6 Å². The number of aromatic nitrogens is 2. The zero-order valence-electron chi connectivity index (χ0n) is 11.1. The quantitative estimate of drug-likeness (QED) is 0.872. The Morgan fingerprint density at radius 2 is 2.47 bits per heavy atom. The van der Waals surface area contributed by atoms with Crippen molar-refractivity contribution in [3.05, 3.63) is 18.0 Å². The van der Waals surface area contributed by atoms with Crippen molar-refractivity contribution < 1.29 is 0 Å². The van der Waals surface area contributed by atoms with E-state index in [0.717, 1.165) is 6.42 Å². The van der Waals surface area contributed by atoms with Gasteiger partial charge in [0.2, 0.25) is 0 Å². The van der Waals surface area contributed by atoms with Gasteiger partial charge in [-0.1, -0.05) is 0 Å². The fourth-order valence-corrected chi connectivity index (χ4v) is 4.22. The standard InChI is InChI=1S/C13H23N3S/c1-13(7-4-8-17-13)12(14-2)6-5-11-9-15-16(3)10-11/h9-10,12,14H,4-8H2,1-3H3. The topological polar surface area (TPSA) is 29.9 Å². The summed E-state index contributed by atoms with van der Waals surface area (Å²) in [5, 5.41) is 7.74. The Morgan fingerprint density at radius 1 is 1.65 bits per heavy atom. The number of rotatable bonds is 5. The van der Waals surface area contributed by atoms with Crippen LogP contribution in [0.5, 0.6) is 0 Å². The van der Waals surface area contributed by atoms with Crippen LogP contribution < -0.4 is 5.32 Å². The Morgan fingerprint density at radius 3 is 3.00 bits per heavy atom. The molecule has 1 saturated heterocycles. The van der Waals surface area contributed by atoms with E-state index in [0.29, 0.717) is 10.8 Å². The first-order valence-electron chi connectivity index (χ1n) is 6.43. The SMILES string of the molecule is CNC(CCc1cnn(C)c1)C1(C)CCCS1. The van der Waals surface area contributed by atoms with Gasteiger partial charge >= 0.3 is 0 Å². The molecule has 0 bridgehead atoms. The summed E-state index contributed by atoms with van der Waals surface area (Å²) in [7, 11) is 4.07. The molecule has 0 aromatic carbocycles. The highest BCUT2D eigenvalue weighted by Crippen LogP contribution is 2.41. The third-order valence-corrected chi connectivity index (χ3v) is 5.46. The lowest BCUT2D eigenvalue weighted by molar-refractivity contribution is 0.404. The Hall–Kier alpha value is -0.480. The summed E-state index contributed by atoms with van der Waals surface area (Å²) in [6.07, 6.45) is 9.14. The molecule has 2 heterocycles. The summed E-state index contributed by atoms with van der Waals surface area (Å²) in [4.78, 5) is 0. The van der Waals surface area contributed by atoms with Gasteiger partial charge in [0.15, 0.2) is 0 Å². The van der Waals surface area contributed by atoms with E-state index in [4.69, 9.17) is 0 Å². The lowest BCUT2D eigenvalue weighted by atomic mass is 9.92. The summed E-state index contributed by atoms with van der Waals surface area (Å²) in [5.74, 6) is 1.32. The highest BCUT2D eigenvalue weighted by molar-refractivity contribution is 8.00. The summed E-state index contributed by atoms with van der Waals surface area (Å²) < 4.78 is 2.31. The van der Waals surface area contributed by atoms with Crippen LogP contribution in [-0.2, 0) is 13.5 Å². The van der Waals surface area contributed by atoms with Crippen molar-refractivity contribution in [1.29, 1.82) is 0 Å². The van der Waals surface area contributed by atoms with E-state index in [1.54, 1.807) is 0 Å². The van der Waals surface area contributed by atoms with Crippen molar-refractivity contribution in [2.75, 3.05) is 12.8 Å². The highest BCUT2D eigenvalue weighted by Gasteiger charge is 2.36. The van der Waals surface area contributed by atoms with Gasteiger partial charge in [0.05, 0.1) is 6.20 Å². The van der Waals surface area contributed by atoms with Crippen molar-refractivity contribution >= 4 is 11.8 Å². The van der Waals surface area contributed by atoms with Crippen LogP contribution in [0.2, 0.25) is 0 Å². The fourth-order valence-electron chi connectivity index (χ4n) is 2.74. The summed E-state index contributed by atoms with van der Waals surface area (Å²) >= 11 is 2.13. The summed E-state index contributed by atoms with van der Waals surface area (Å²) in [6, 6.07) is 0.607. The maximum absolute atomic E-state index is 4.23. The van der Waals surface area contributed by atoms with E-state index in [9.17, 15) is 0 Å². The molecule has 1 fully saturated rings. The van der Waals surface area contributed by atoms with Gasteiger partial charge in [0.25, 0.3) is 0 Å². The van der Waals surface area contributed by atoms with Crippen LogP contribution in [-0.4, -0.2) is 33.4 Å². The number of hydrogen-bond donors (Lipinski definition) is 1. The lowest BCUT2D eigenvalue weighted by Crippen LogP contribution is -2.43. The van der Waals surface area contributed by atoms with Gasteiger partial charge in [0.1, 0.15) is 0 Å². The first-order chi connectivity index (χ1) is 8.14. The fraction of sp³-hybridized carbons (Fsp3) is 0.769.